The van der Waals surface area contributed by atoms with E-state index in [1.807, 2.05) is 24.8 Å². The van der Waals surface area contributed by atoms with Gasteiger partial charge in [-0.1, -0.05) is 11.8 Å². The highest BCUT2D eigenvalue weighted by Crippen LogP contribution is 2.23. The molecule has 0 radical (unpaired) electrons. The van der Waals surface area contributed by atoms with E-state index in [1.54, 1.807) is 0 Å². The first-order valence-electron chi connectivity index (χ1n) is 6.86. The number of rotatable bonds is 3. The van der Waals surface area contributed by atoms with E-state index in [0.717, 1.165) is 21.9 Å². The monoisotopic (exact) mass is 308 g/mol. The van der Waals surface area contributed by atoms with E-state index in [2.05, 4.69) is 17.2 Å². The number of thioether (sulfide) groups is 1. The number of carbonyl (C=O) groups is 1. The van der Waals surface area contributed by atoms with Crippen LogP contribution in [0.15, 0.2) is 6.07 Å². The summed E-state index contributed by atoms with van der Waals surface area (Å²) in [6.07, 6.45) is 2.42. The lowest BCUT2D eigenvalue weighted by Gasteiger charge is -2.21. The van der Waals surface area contributed by atoms with E-state index in [-0.39, 0.29) is 5.91 Å². The first kappa shape index (κ1) is 15.4. The van der Waals surface area contributed by atoms with E-state index in [9.17, 15) is 4.79 Å². The van der Waals surface area contributed by atoms with Gasteiger partial charge in [-0.05, 0) is 48.8 Å². The van der Waals surface area contributed by atoms with Crippen molar-refractivity contribution >= 4 is 29.0 Å². The van der Waals surface area contributed by atoms with Crippen molar-refractivity contribution in [2.75, 3.05) is 24.6 Å². The number of amides is 1. The Morgan fingerprint density at radius 1 is 1.50 bits per heavy atom. The standard InChI is InChI=1S/C15H20N2OS2/c1-11-9-14(20-13(11)3-2-6-16)15(18)17-10-12-4-7-19-8-5-12/h9,12H,4-8,10,16H2,1H3,(H,17,18). The third-order valence-corrected chi connectivity index (χ3v) is 5.54. The number of carbonyl (C=O) groups excluding carboxylic acids is 1. The molecule has 0 atom stereocenters. The second-order valence-electron chi connectivity index (χ2n) is 4.89. The van der Waals surface area contributed by atoms with Crippen molar-refractivity contribution in [3.05, 3.63) is 21.4 Å². The molecule has 1 aliphatic heterocycles. The lowest BCUT2D eigenvalue weighted by molar-refractivity contribution is 0.0950. The predicted molar refractivity (Wildman–Crippen MR) is 87.4 cm³/mol. The van der Waals surface area contributed by atoms with Crippen molar-refractivity contribution in [2.24, 2.45) is 11.7 Å². The van der Waals surface area contributed by atoms with Crippen LogP contribution in [0.4, 0.5) is 0 Å². The van der Waals surface area contributed by atoms with Gasteiger partial charge >= 0.3 is 0 Å². The van der Waals surface area contributed by atoms with Gasteiger partial charge in [-0.2, -0.15) is 11.8 Å². The van der Waals surface area contributed by atoms with E-state index in [0.29, 0.717) is 12.5 Å². The highest BCUT2D eigenvalue weighted by atomic mass is 32.2. The van der Waals surface area contributed by atoms with E-state index >= 15 is 0 Å². The fourth-order valence-electron chi connectivity index (χ4n) is 2.12. The van der Waals surface area contributed by atoms with Gasteiger partial charge in [0.2, 0.25) is 0 Å². The Kier molecular flexibility index (Phi) is 5.96. The van der Waals surface area contributed by atoms with E-state index in [4.69, 9.17) is 5.73 Å². The summed E-state index contributed by atoms with van der Waals surface area (Å²) in [4.78, 5) is 13.8. The lowest BCUT2D eigenvalue weighted by Crippen LogP contribution is -2.30. The van der Waals surface area contributed by atoms with E-state index < -0.39 is 0 Å². The second kappa shape index (κ2) is 7.72. The Labute approximate surface area is 128 Å². The molecule has 1 saturated heterocycles. The molecule has 1 aromatic heterocycles. The Balaban J connectivity index is 1.91. The van der Waals surface area contributed by atoms with Crippen molar-refractivity contribution < 1.29 is 4.79 Å². The maximum absolute atomic E-state index is 12.1. The Hall–Kier alpha value is -0.960. The van der Waals surface area contributed by atoms with Crippen LogP contribution in [0.25, 0.3) is 0 Å². The smallest absolute Gasteiger partial charge is 0.261 e. The number of aryl methyl sites for hydroxylation is 1. The van der Waals surface area contributed by atoms with Gasteiger partial charge in [0.25, 0.3) is 5.91 Å². The summed E-state index contributed by atoms with van der Waals surface area (Å²) >= 11 is 3.45. The first-order valence-corrected chi connectivity index (χ1v) is 8.83. The number of hydrogen-bond donors (Lipinski definition) is 2. The maximum atomic E-state index is 12.1. The van der Waals surface area contributed by atoms with Crippen LogP contribution in [-0.4, -0.2) is 30.5 Å². The van der Waals surface area contributed by atoms with Crippen molar-refractivity contribution in [1.29, 1.82) is 0 Å². The summed E-state index contributed by atoms with van der Waals surface area (Å²) < 4.78 is 0. The minimum absolute atomic E-state index is 0.0251. The van der Waals surface area contributed by atoms with Crippen LogP contribution >= 0.6 is 23.1 Å². The van der Waals surface area contributed by atoms with Crippen LogP contribution in [0.3, 0.4) is 0 Å². The zero-order valence-corrected chi connectivity index (χ0v) is 13.3. The quantitative estimate of drug-likeness (QED) is 0.842. The van der Waals surface area contributed by atoms with Gasteiger partial charge < -0.3 is 11.1 Å². The molecule has 0 bridgehead atoms. The molecule has 1 aromatic rings. The molecule has 1 amide bonds. The van der Waals surface area contributed by atoms with Gasteiger partial charge in [-0.15, -0.1) is 11.3 Å². The predicted octanol–water partition coefficient (Wildman–Crippen LogP) is 2.24. The van der Waals surface area contributed by atoms with Crippen molar-refractivity contribution in [2.45, 2.75) is 19.8 Å². The maximum Gasteiger partial charge on any atom is 0.261 e. The molecule has 1 fully saturated rings. The zero-order valence-electron chi connectivity index (χ0n) is 11.7. The number of hydrogen-bond acceptors (Lipinski definition) is 4. The van der Waals surface area contributed by atoms with Crippen LogP contribution in [0.1, 0.15) is 33.0 Å². The van der Waals surface area contributed by atoms with Crippen LogP contribution in [0.5, 0.6) is 0 Å². The molecule has 2 heterocycles. The molecule has 0 spiro atoms. The first-order chi connectivity index (χ1) is 9.70. The zero-order chi connectivity index (χ0) is 14.4. The molecule has 20 heavy (non-hydrogen) atoms. The Bertz CT molecular complexity index is 522. The van der Waals surface area contributed by atoms with Crippen LogP contribution in [0, 0.1) is 24.7 Å². The third kappa shape index (κ3) is 4.27. The summed E-state index contributed by atoms with van der Waals surface area (Å²) in [6.45, 7) is 3.12. The topological polar surface area (TPSA) is 55.1 Å². The van der Waals surface area contributed by atoms with Gasteiger partial charge in [0.1, 0.15) is 0 Å². The van der Waals surface area contributed by atoms with Gasteiger partial charge in [-0.3, -0.25) is 4.79 Å². The van der Waals surface area contributed by atoms with Gasteiger partial charge in [0.15, 0.2) is 0 Å². The number of nitrogens with one attached hydrogen (secondary N) is 1. The largest absolute Gasteiger partial charge is 0.351 e. The Morgan fingerprint density at radius 2 is 2.25 bits per heavy atom. The lowest BCUT2D eigenvalue weighted by atomic mass is 10.0. The molecule has 108 valence electrons. The van der Waals surface area contributed by atoms with Crippen molar-refractivity contribution in [3.8, 4) is 11.8 Å². The van der Waals surface area contributed by atoms with Gasteiger partial charge in [0, 0.05) is 6.54 Å². The second-order valence-corrected chi connectivity index (χ2v) is 7.17. The molecular formula is C15H20N2OS2. The van der Waals surface area contributed by atoms with E-state index in [1.165, 1.54) is 35.7 Å². The summed E-state index contributed by atoms with van der Waals surface area (Å²) in [6, 6.07) is 1.91. The average Bonchev–Trinajstić information content (AvgIpc) is 2.85. The summed E-state index contributed by atoms with van der Waals surface area (Å²) in [7, 11) is 0. The molecule has 0 aromatic carbocycles. The van der Waals surface area contributed by atoms with Crippen LogP contribution < -0.4 is 11.1 Å². The summed E-state index contributed by atoms with van der Waals surface area (Å²) in [5, 5.41) is 3.05. The molecule has 0 aliphatic carbocycles. The molecule has 1 aliphatic rings. The molecule has 2 rings (SSSR count). The van der Waals surface area contributed by atoms with Crippen molar-refractivity contribution in [1.82, 2.24) is 5.32 Å². The highest BCUT2D eigenvalue weighted by molar-refractivity contribution is 7.99. The molecule has 3 nitrogen and oxygen atoms in total. The highest BCUT2D eigenvalue weighted by Gasteiger charge is 2.16. The van der Waals surface area contributed by atoms with Gasteiger partial charge in [0.05, 0.1) is 16.3 Å². The fourth-order valence-corrected chi connectivity index (χ4v) is 4.29. The fraction of sp³-hybridized carbons (Fsp3) is 0.533. The van der Waals surface area contributed by atoms with Crippen LogP contribution in [-0.2, 0) is 0 Å². The molecular weight excluding hydrogens is 288 g/mol. The average molecular weight is 308 g/mol. The molecule has 0 saturated carbocycles. The van der Waals surface area contributed by atoms with Crippen molar-refractivity contribution in [3.63, 3.8) is 0 Å². The number of nitrogens with two attached hydrogens (primary N) is 1. The molecule has 5 heteroatoms. The summed E-state index contributed by atoms with van der Waals surface area (Å²) in [5.74, 6) is 8.95. The molecule has 0 unspecified atom stereocenters. The Morgan fingerprint density at radius 3 is 2.95 bits per heavy atom. The van der Waals surface area contributed by atoms with Crippen LogP contribution in [0.2, 0.25) is 0 Å². The third-order valence-electron chi connectivity index (χ3n) is 3.34. The molecule has 3 N–H and O–H groups in total. The SMILES string of the molecule is Cc1cc(C(=O)NCC2CCSCC2)sc1C#CCN. The minimum atomic E-state index is 0.0251. The number of thiophene rings is 1. The normalized spacial score (nSPS) is 15.5. The van der Waals surface area contributed by atoms with Gasteiger partial charge in [-0.25, -0.2) is 0 Å². The minimum Gasteiger partial charge on any atom is -0.351 e. The summed E-state index contributed by atoms with van der Waals surface area (Å²) in [5.41, 5.74) is 6.42.